The van der Waals surface area contributed by atoms with Crippen molar-refractivity contribution < 1.29 is 14.1 Å². The predicted octanol–water partition coefficient (Wildman–Crippen LogP) is 5.24. The van der Waals surface area contributed by atoms with Gasteiger partial charge in [0.2, 0.25) is 5.13 Å². The van der Waals surface area contributed by atoms with Gasteiger partial charge in [-0.15, -0.1) is 0 Å². The van der Waals surface area contributed by atoms with Crippen molar-refractivity contribution in [3.8, 4) is 0 Å². The lowest BCUT2D eigenvalue weighted by atomic mass is 10.2. The lowest BCUT2D eigenvalue weighted by molar-refractivity contribution is -0.402. The van der Waals surface area contributed by atoms with Gasteiger partial charge in [0.05, 0.1) is 22.5 Å². The lowest BCUT2D eigenvalue weighted by Gasteiger charge is -2.13. The molecule has 8 nitrogen and oxygen atoms in total. The Labute approximate surface area is 176 Å². The molecule has 0 saturated carbocycles. The van der Waals surface area contributed by atoms with Gasteiger partial charge < -0.3 is 4.42 Å². The molecule has 0 aliphatic heterocycles. The van der Waals surface area contributed by atoms with Gasteiger partial charge in [0.1, 0.15) is 4.92 Å². The van der Waals surface area contributed by atoms with Crippen LogP contribution in [0.4, 0.5) is 11.0 Å². The van der Waals surface area contributed by atoms with E-state index in [1.165, 1.54) is 29.7 Å². The topological polar surface area (TPSA) is 102 Å². The first-order valence-electron chi connectivity index (χ1n) is 8.25. The molecule has 0 spiro atoms. The first-order chi connectivity index (χ1) is 14.0. The number of nitro groups is 1. The van der Waals surface area contributed by atoms with E-state index in [9.17, 15) is 14.9 Å². The normalized spacial score (nSPS) is 11.2. The lowest BCUT2D eigenvalue weighted by Crippen LogP contribution is -2.25. The van der Waals surface area contributed by atoms with Gasteiger partial charge in [0.25, 0.3) is 5.91 Å². The number of furan rings is 1. The third-order valence-electron chi connectivity index (χ3n) is 3.83. The van der Waals surface area contributed by atoms with Crippen LogP contribution in [0.2, 0.25) is 0 Å². The number of carbonyl (C=O) groups excluding carboxylic acids is 1. The van der Waals surface area contributed by atoms with Crippen molar-refractivity contribution in [2.75, 3.05) is 5.01 Å². The van der Waals surface area contributed by atoms with E-state index in [0.29, 0.717) is 10.7 Å². The van der Waals surface area contributed by atoms with Gasteiger partial charge in [-0.3, -0.25) is 14.9 Å². The summed E-state index contributed by atoms with van der Waals surface area (Å²) in [7, 11) is 0. The van der Waals surface area contributed by atoms with Crippen LogP contribution in [0.1, 0.15) is 16.1 Å². The Morgan fingerprint density at radius 3 is 2.72 bits per heavy atom. The SMILES string of the molecule is O=C(c1ccccc1)N(/N=C/c1ccc([N+](=O)[O-])o1)c1nc2ccc(Br)cc2s1. The van der Waals surface area contributed by atoms with E-state index in [-0.39, 0.29) is 11.7 Å². The molecule has 0 unspecified atom stereocenters. The predicted molar refractivity (Wildman–Crippen MR) is 114 cm³/mol. The summed E-state index contributed by atoms with van der Waals surface area (Å²) in [6, 6.07) is 16.9. The summed E-state index contributed by atoms with van der Waals surface area (Å²) in [4.78, 5) is 27.7. The molecule has 4 rings (SSSR count). The van der Waals surface area contributed by atoms with Crippen molar-refractivity contribution in [2.45, 2.75) is 0 Å². The molecular weight excluding hydrogens is 460 g/mol. The van der Waals surface area contributed by atoms with Crippen LogP contribution in [0.5, 0.6) is 0 Å². The Kier molecular flexibility index (Phi) is 5.19. The van der Waals surface area contributed by atoms with E-state index >= 15 is 0 Å². The number of anilines is 1. The first kappa shape index (κ1) is 19.0. The molecular formula is C19H11BrN4O4S. The number of amides is 1. The van der Waals surface area contributed by atoms with Crippen molar-refractivity contribution in [3.63, 3.8) is 0 Å². The second kappa shape index (κ2) is 7.94. The monoisotopic (exact) mass is 470 g/mol. The maximum Gasteiger partial charge on any atom is 0.433 e. The molecule has 0 fully saturated rings. The summed E-state index contributed by atoms with van der Waals surface area (Å²) >= 11 is 4.72. The fraction of sp³-hybridized carbons (Fsp3) is 0. The van der Waals surface area contributed by atoms with Crippen LogP contribution in [-0.4, -0.2) is 22.0 Å². The van der Waals surface area contributed by atoms with Crippen molar-refractivity contribution in [1.29, 1.82) is 0 Å². The molecule has 2 aromatic heterocycles. The number of fused-ring (bicyclic) bond motifs is 1. The second-order valence-electron chi connectivity index (χ2n) is 5.77. The largest absolute Gasteiger partial charge is 0.433 e. The standard InChI is InChI=1S/C19H11BrN4O4S/c20-13-6-8-15-16(10-13)29-19(22-15)23(18(25)12-4-2-1-3-5-12)21-11-14-7-9-17(28-14)24(26)27/h1-11H/b21-11+. The van der Waals surface area contributed by atoms with E-state index < -0.39 is 10.8 Å². The highest BCUT2D eigenvalue weighted by Gasteiger charge is 2.21. The van der Waals surface area contributed by atoms with Gasteiger partial charge in [-0.2, -0.15) is 10.1 Å². The molecule has 0 aliphatic rings. The van der Waals surface area contributed by atoms with Crippen molar-refractivity contribution in [3.05, 3.63) is 86.6 Å². The molecule has 29 heavy (non-hydrogen) atoms. The van der Waals surface area contributed by atoms with Crippen LogP contribution in [0, 0.1) is 10.1 Å². The van der Waals surface area contributed by atoms with Crippen molar-refractivity contribution in [1.82, 2.24) is 4.98 Å². The average molecular weight is 471 g/mol. The highest BCUT2D eigenvalue weighted by Crippen LogP contribution is 2.32. The van der Waals surface area contributed by atoms with E-state index in [1.54, 1.807) is 24.3 Å². The minimum absolute atomic E-state index is 0.145. The number of halogens is 1. The first-order valence-corrected chi connectivity index (χ1v) is 9.86. The zero-order chi connectivity index (χ0) is 20.4. The number of benzene rings is 2. The maximum atomic E-state index is 13.1. The van der Waals surface area contributed by atoms with Crippen LogP contribution in [0.25, 0.3) is 10.2 Å². The van der Waals surface area contributed by atoms with Gasteiger partial charge in [-0.05, 0) is 36.4 Å². The smallest absolute Gasteiger partial charge is 0.400 e. The van der Waals surface area contributed by atoms with Crippen LogP contribution in [0.15, 0.2) is 74.7 Å². The Bertz CT molecular complexity index is 1240. The molecule has 0 saturated heterocycles. The Balaban J connectivity index is 1.74. The molecule has 0 bridgehead atoms. The molecule has 0 radical (unpaired) electrons. The highest BCUT2D eigenvalue weighted by atomic mass is 79.9. The summed E-state index contributed by atoms with van der Waals surface area (Å²) < 4.78 is 6.86. The summed E-state index contributed by atoms with van der Waals surface area (Å²) in [6.07, 6.45) is 1.25. The van der Waals surface area contributed by atoms with Crippen LogP contribution >= 0.6 is 27.3 Å². The minimum Gasteiger partial charge on any atom is -0.400 e. The molecule has 2 heterocycles. The van der Waals surface area contributed by atoms with E-state index in [4.69, 9.17) is 4.42 Å². The fourth-order valence-corrected chi connectivity index (χ4v) is 3.97. The Morgan fingerprint density at radius 2 is 2.00 bits per heavy atom. The number of hydrazone groups is 1. The summed E-state index contributed by atoms with van der Waals surface area (Å²) in [5.74, 6) is -0.648. The number of hydrogen-bond donors (Lipinski definition) is 0. The quantitative estimate of drug-likeness (QED) is 0.225. The van der Waals surface area contributed by atoms with Crippen LogP contribution in [0.3, 0.4) is 0 Å². The average Bonchev–Trinajstić information content (AvgIpc) is 3.35. The Morgan fingerprint density at radius 1 is 1.21 bits per heavy atom. The zero-order valence-corrected chi connectivity index (χ0v) is 17.0. The van der Waals surface area contributed by atoms with E-state index in [1.807, 2.05) is 24.3 Å². The van der Waals surface area contributed by atoms with Gasteiger partial charge in [-0.25, -0.2) is 4.98 Å². The molecule has 0 aliphatic carbocycles. The summed E-state index contributed by atoms with van der Waals surface area (Å²) in [6.45, 7) is 0. The molecule has 10 heteroatoms. The molecule has 1 amide bonds. The molecule has 2 aromatic carbocycles. The third-order valence-corrected chi connectivity index (χ3v) is 5.31. The number of hydrogen-bond acceptors (Lipinski definition) is 7. The van der Waals surface area contributed by atoms with Gasteiger partial charge in [0, 0.05) is 10.0 Å². The number of rotatable bonds is 5. The van der Waals surface area contributed by atoms with E-state index in [0.717, 1.165) is 19.7 Å². The fourth-order valence-electron chi connectivity index (χ4n) is 2.49. The number of carbonyl (C=O) groups is 1. The summed E-state index contributed by atoms with van der Waals surface area (Å²) in [5.41, 5.74) is 1.15. The van der Waals surface area contributed by atoms with Crippen molar-refractivity contribution >= 4 is 60.6 Å². The maximum absolute atomic E-state index is 13.1. The molecule has 0 atom stereocenters. The van der Waals surface area contributed by atoms with Crippen LogP contribution in [-0.2, 0) is 0 Å². The molecule has 4 aromatic rings. The zero-order valence-electron chi connectivity index (χ0n) is 14.6. The second-order valence-corrected chi connectivity index (χ2v) is 7.69. The highest BCUT2D eigenvalue weighted by molar-refractivity contribution is 9.10. The Hall–Kier alpha value is -3.37. The molecule has 144 valence electrons. The van der Waals surface area contributed by atoms with E-state index in [2.05, 4.69) is 26.0 Å². The third kappa shape index (κ3) is 4.08. The van der Waals surface area contributed by atoms with Crippen molar-refractivity contribution in [2.24, 2.45) is 5.10 Å². The number of aromatic nitrogens is 1. The molecule has 0 N–H and O–H groups in total. The summed E-state index contributed by atoms with van der Waals surface area (Å²) in [5, 5.41) is 16.5. The van der Waals surface area contributed by atoms with Gasteiger partial charge >= 0.3 is 5.88 Å². The van der Waals surface area contributed by atoms with Gasteiger partial charge in [-0.1, -0.05) is 45.5 Å². The van der Waals surface area contributed by atoms with Gasteiger partial charge in [0.15, 0.2) is 5.76 Å². The van der Waals surface area contributed by atoms with Crippen LogP contribution < -0.4 is 5.01 Å². The number of thiazole rings is 1. The minimum atomic E-state index is -0.643. The number of nitrogens with zero attached hydrogens (tertiary/aromatic N) is 4.